The van der Waals surface area contributed by atoms with Crippen molar-refractivity contribution in [3.8, 4) is 0 Å². The van der Waals surface area contributed by atoms with E-state index in [1.54, 1.807) is 4.90 Å². The maximum absolute atomic E-state index is 12.5. The Bertz CT molecular complexity index is 720. The smallest absolute Gasteiger partial charge is 0.251 e. The zero-order valence-corrected chi connectivity index (χ0v) is 13.4. The van der Waals surface area contributed by atoms with Crippen LogP contribution < -0.4 is 10.2 Å². The van der Waals surface area contributed by atoms with Crippen LogP contribution >= 0.6 is 0 Å². The van der Waals surface area contributed by atoms with Crippen molar-refractivity contribution in [2.45, 2.75) is 26.3 Å². The molecule has 4 heteroatoms. The van der Waals surface area contributed by atoms with Crippen molar-refractivity contribution in [1.82, 2.24) is 5.32 Å². The van der Waals surface area contributed by atoms with Gasteiger partial charge in [-0.3, -0.25) is 9.59 Å². The standard InChI is InChI=1S/C19H20N2O2/c1-13-10-14(2)12-15(11-13)18(22)20-17-8-9-21(19(17)23)16-6-4-3-5-7-16/h3-7,10-12,17H,8-9H2,1-2H3,(H,20,22)/t17-/m0/s1. The molecular weight excluding hydrogens is 288 g/mol. The van der Waals surface area contributed by atoms with Crippen molar-refractivity contribution in [2.75, 3.05) is 11.4 Å². The summed E-state index contributed by atoms with van der Waals surface area (Å²) in [6, 6.07) is 14.8. The summed E-state index contributed by atoms with van der Waals surface area (Å²) >= 11 is 0. The van der Waals surface area contributed by atoms with Crippen LogP contribution in [-0.4, -0.2) is 24.4 Å². The second-order valence-corrected chi connectivity index (χ2v) is 6.02. The summed E-state index contributed by atoms with van der Waals surface area (Å²) in [5, 5.41) is 2.87. The average molecular weight is 308 g/mol. The van der Waals surface area contributed by atoms with Gasteiger partial charge in [-0.15, -0.1) is 0 Å². The molecule has 0 radical (unpaired) electrons. The minimum atomic E-state index is -0.455. The van der Waals surface area contributed by atoms with E-state index in [1.165, 1.54) is 0 Å². The molecule has 1 N–H and O–H groups in total. The van der Waals surface area contributed by atoms with E-state index < -0.39 is 6.04 Å². The first-order chi connectivity index (χ1) is 11.0. The lowest BCUT2D eigenvalue weighted by molar-refractivity contribution is -0.118. The highest BCUT2D eigenvalue weighted by Crippen LogP contribution is 2.21. The fourth-order valence-electron chi connectivity index (χ4n) is 3.03. The summed E-state index contributed by atoms with van der Waals surface area (Å²) in [5.41, 5.74) is 3.56. The fraction of sp³-hybridized carbons (Fsp3) is 0.263. The van der Waals surface area contributed by atoms with Gasteiger partial charge in [-0.1, -0.05) is 35.4 Å². The Hall–Kier alpha value is -2.62. The minimum absolute atomic E-state index is 0.0473. The second-order valence-electron chi connectivity index (χ2n) is 6.02. The van der Waals surface area contributed by atoms with Crippen molar-refractivity contribution >= 4 is 17.5 Å². The van der Waals surface area contributed by atoms with Gasteiger partial charge in [0, 0.05) is 17.8 Å². The van der Waals surface area contributed by atoms with Crippen molar-refractivity contribution in [1.29, 1.82) is 0 Å². The van der Waals surface area contributed by atoms with Crippen LogP contribution in [0.25, 0.3) is 0 Å². The number of carbonyl (C=O) groups excluding carboxylic acids is 2. The van der Waals surface area contributed by atoms with E-state index in [1.807, 2.05) is 62.4 Å². The maximum atomic E-state index is 12.5. The predicted octanol–water partition coefficient (Wildman–Crippen LogP) is 2.84. The number of amides is 2. The first kappa shape index (κ1) is 15.3. The summed E-state index contributed by atoms with van der Waals surface area (Å²) in [6.07, 6.45) is 0.629. The van der Waals surface area contributed by atoms with Crippen LogP contribution in [0.4, 0.5) is 5.69 Å². The number of nitrogens with zero attached hydrogens (tertiary/aromatic N) is 1. The number of carbonyl (C=O) groups is 2. The second kappa shape index (κ2) is 6.24. The molecule has 2 aromatic rings. The van der Waals surface area contributed by atoms with Gasteiger partial charge in [-0.05, 0) is 44.5 Å². The molecule has 1 saturated heterocycles. The highest BCUT2D eigenvalue weighted by molar-refractivity contribution is 6.04. The van der Waals surface area contributed by atoms with Crippen LogP contribution in [0.15, 0.2) is 48.5 Å². The summed E-state index contributed by atoms with van der Waals surface area (Å²) in [4.78, 5) is 26.7. The molecule has 1 aliphatic heterocycles. The monoisotopic (exact) mass is 308 g/mol. The van der Waals surface area contributed by atoms with Gasteiger partial charge >= 0.3 is 0 Å². The number of hydrogen-bond donors (Lipinski definition) is 1. The lowest BCUT2D eigenvalue weighted by Crippen LogP contribution is -2.41. The number of anilines is 1. The largest absolute Gasteiger partial charge is 0.340 e. The lowest BCUT2D eigenvalue weighted by Gasteiger charge is -2.17. The van der Waals surface area contributed by atoms with E-state index in [-0.39, 0.29) is 11.8 Å². The topological polar surface area (TPSA) is 49.4 Å². The van der Waals surface area contributed by atoms with Gasteiger partial charge in [-0.2, -0.15) is 0 Å². The highest BCUT2D eigenvalue weighted by Gasteiger charge is 2.33. The number of para-hydroxylation sites is 1. The average Bonchev–Trinajstić information content (AvgIpc) is 2.88. The maximum Gasteiger partial charge on any atom is 0.251 e. The Morgan fingerprint density at radius 3 is 2.39 bits per heavy atom. The summed E-state index contributed by atoms with van der Waals surface area (Å²) in [5.74, 6) is -0.237. The number of aryl methyl sites for hydroxylation is 2. The molecule has 1 heterocycles. The Morgan fingerprint density at radius 2 is 1.74 bits per heavy atom. The quantitative estimate of drug-likeness (QED) is 0.948. The van der Waals surface area contributed by atoms with Crippen LogP contribution in [-0.2, 0) is 4.79 Å². The number of benzene rings is 2. The first-order valence-corrected chi connectivity index (χ1v) is 7.80. The Balaban J connectivity index is 1.71. The third-order valence-electron chi connectivity index (χ3n) is 4.06. The molecule has 0 aromatic heterocycles. The molecular formula is C19H20N2O2. The lowest BCUT2D eigenvalue weighted by atomic mass is 10.1. The van der Waals surface area contributed by atoms with E-state index in [0.29, 0.717) is 18.5 Å². The third kappa shape index (κ3) is 3.26. The molecule has 0 saturated carbocycles. The van der Waals surface area contributed by atoms with E-state index in [9.17, 15) is 9.59 Å². The molecule has 23 heavy (non-hydrogen) atoms. The molecule has 2 aromatic carbocycles. The normalized spacial score (nSPS) is 17.4. The van der Waals surface area contributed by atoms with Crippen molar-refractivity contribution < 1.29 is 9.59 Å². The fourth-order valence-corrected chi connectivity index (χ4v) is 3.03. The molecule has 1 fully saturated rings. The van der Waals surface area contributed by atoms with E-state index in [2.05, 4.69) is 5.32 Å². The molecule has 0 aliphatic carbocycles. The molecule has 0 bridgehead atoms. The first-order valence-electron chi connectivity index (χ1n) is 7.80. The Kier molecular flexibility index (Phi) is 4.15. The molecule has 2 amide bonds. The van der Waals surface area contributed by atoms with Crippen LogP contribution in [0.1, 0.15) is 27.9 Å². The van der Waals surface area contributed by atoms with Crippen LogP contribution in [0.5, 0.6) is 0 Å². The van der Waals surface area contributed by atoms with E-state index in [0.717, 1.165) is 16.8 Å². The van der Waals surface area contributed by atoms with Crippen LogP contribution in [0, 0.1) is 13.8 Å². The number of rotatable bonds is 3. The predicted molar refractivity (Wildman–Crippen MR) is 90.6 cm³/mol. The van der Waals surface area contributed by atoms with Crippen LogP contribution in [0.3, 0.4) is 0 Å². The van der Waals surface area contributed by atoms with Crippen molar-refractivity contribution in [2.24, 2.45) is 0 Å². The van der Waals surface area contributed by atoms with E-state index >= 15 is 0 Å². The molecule has 3 rings (SSSR count). The van der Waals surface area contributed by atoms with Gasteiger partial charge in [0.2, 0.25) is 5.91 Å². The van der Waals surface area contributed by atoms with Gasteiger partial charge in [-0.25, -0.2) is 0 Å². The van der Waals surface area contributed by atoms with Gasteiger partial charge < -0.3 is 10.2 Å². The summed E-state index contributed by atoms with van der Waals surface area (Å²) in [6.45, 7) is 4.55. The summed E-state index contributed by atoms with van der Waals surface area (Å²) < 4.78 is 0. The van der Waals surface area contributed by atoms with E-state index in [4.69, 9.17) is 0 Å². The van der Waals surface area contributed by atoms with Crippen LogP contribution in [0.2, 0.25) is 0 Å². The molecule has 1 aliphatic rings. The van der Waals surface area contributed by atoms with Gasteiger partial charge in [0.05, 0.1) is 0 Å². The summed E-state index contributed by atoms with van der Waals surface area (Å²) in [7, 11) is 0. The highest BCUT2D eigenvalue weighted by atomic mass is 16.2. The molecule has 0 spiro atoms. The molecule has 0 unspecified atom stereocenters. The van der Waals surface area contributed by atoms with Crippen molar-refractivity contribution in [3.63, 3.8) is 0 Å². The zero-order chi connectivity index (χ0) is 16.4. The van der Waals surface area contributed by atoms with Gasteiger partial charge in [0.1, 0.15) is 6.04 Å². The van der Waals surface area contributed by atoms with Crippen molar-refractivity contribution in [3.05, 3.63) is 65.2 Å². The number of hydrogen-bond acceptors (Lipinski definition) is 2. The molecule has 1 atom stereocenters. The molecule has 4 nitrogen and oxygen atoms in total. The zero-order valence-electron chi connectivity index (χ0n) is 13.4. The number of nitrogens with one attached hydrogen (secondary N) is 1. The Labute approximate surface area is 136 Å². The minimum Gasteiger partial charge on any atom is -0.340 e. The molecule has 118 valence electrons. The van der Waals surface area contributed by atoms with Gasteiger partial charge in [0.25, 0.3) is 5.91 Å². The SMILES string of the molecule is Cc1cc(C)cc(C(=O)N[C@H]2CCN(c3ccccc3)C2=O)c1. The third-order valence-corrected chi connectivity index (χ3v) is 4.06. The Morgan fingerprint density at radius 1 is 1.09 bits per heavy atom. The van der Waals surface area contributed by atoms with Gasteiger partial charge in [0.15, 0.2) is 0 Å².